The maximum atomic E-state index is 12.4. The summed E-state index contributed by atoms with van der Waals surface area (Å²) in [6, 6.07) is 4.26. The number of hydrogen-bond acceptors (Lipinski definition) is 5. The third kappa shape index (κ3) is 4.42. The van der Waals surface area contributed by atoms with E-state index in [-0.39, 0.29) is 10.5 Å². The third-order valence-corrected chi connectivity index (χ3v) is 5.83. The monoisotopic (exact) mass is 454 g/mol. The number of nitrogens with zero attached hydrogens (tertiary/aromatic N) is 1. The predicted octanol–water partition coefficient (Wildman–Crippen LogP) is 1.22. The van der Waals surface area contributed by atoms with Crippen molar-refractivity contribution in [2.24, 2.45) is 0 Å². The Balaban J connectivity index is 3.24. The number of carbonyl (C=O) groups is 2. The summed E-state index contributed by atoms with van der Waals surface area (Å²) in [7, 11) is 0.391. The maximum absolute atomic E-state index is 12.4. The summed E-state index contributed by atoms with van der Waals surface area (Å²) in [5, 5.41) is 2.55. The third-order valence-electron chi connectivity index (χ3n) is 3.08. The Hall–Kier alpha value is -1.20. The fourth-order valence-electron chi connectivity index (χ4n) is 1.71. The number of carbonyl (C=O) groups excluding carboxylic acids is 2. The van der Waals surface area contributed by atoms with Gasteiger partial charge in [0.05, 0.1) is 17.6 Å². The number of hydrogen-bond donors (Lipinski definition) is 1. The topological polar surface area (TPSA) is 92.8 Å². The second-order valence-electron chi connectivity index (χ2n) is 5.50. The quantitative estimate of drug-likeness (QED) is 0.534. The van der Waals surface area contributed by atoms with Gasteiger partial charge in [-0.25, -0.2) is 17.5 Å². The average molecular weight is 454 g/mol. The van der Waals surface area contributed by atoms with E-state index in [9.17, 15) is 18.0 Å². The molecule has 23 heavy (non-hydrogen) atoms. The number of nitrogens with one attached hydrogen (secondary N) is 1. The molecule has 0 saturated heterocycles. The normalized spacial score (nSPS) is 12.1. The molecule has 0 heterocycles. The van der Waals surface area contributed by atoms with Gasteiger partial charge in [0.25, 0.3) is 5.91 Å². The van der Waals surface area contributed by atoms with Crippen molar-refractivity contribution < 1.29 is 22.7 Å². The van der Waals surface area contributed by atoms with Crippen molar-refractivity contribution in [3.05, 3.63) is 27.3 Å². The van der Waals surface area contributed by atoms with Crippen molar-refractivity contribution in [2.45, 2.75) is 24.3 Å². The van der Waals surface area contributed by atoms with E-state index in [2.05, 4.69) is 10.1 Å². The SMILES string of the molecule is COC(=O)C(C)(C)NC(=O)c1cc(S(=O)(=O)N(C)C)ccc1I. The number of rotatable bonds is 5. The van der Waals surface area contributed by atoms with Crippen LogP contribution in [-0.2, 0) is 19.6 Å². The van der Waals surface area contributed by atoms with Crippen LogP contribution in [0.5, 0.6) is 0 Å². The van der Waals surface area contributed by atoms with Gasteiger partial charge in [0.1, 0.15) is 5.54 Å². The molecule has 0 spiro atoms. The molecule has 0 aliphatic rings. The zero-order valence-corrected chi connectivity index (χ0v) is 16.5. The van der Waals surface area contributed by atoms with Crippen LogP contribution in [0.2, 0.25) is 0 Å². The van der Waals surface area contributed by atoms with Crippen LogP contribution in [0.15, 0.2) is 23.1 Å². The van der Waals surface area contributed by atoms with Gasteiger partial charge < -0.3 is 10.1 Å². The average Bonchev–Trinajstić information content (AvgIpc) is 2.45. The summed E-state index contributed by atoms with van der Waals surface area (Å²) in [5.41, 5.74) is -1.06. The number of amides is 1. The van der Waals surface area contributed by atoms with E-state index in [0.29, 0.717) is 3.57 Å². The summed E-state index contributed by atoms with van der Waals surface area (Å²) in [4.78, 5) is 24.1. The second kappa shape index (κ2) is 7.14. The Morgan fingerprint density at radius 1 is 1.26 bits per heavy atom. The molecular weight excluding hydrogens is 435 g/mol. The number of methoxy groups -OCH3 is 1. The zero-order valence-electron chi connectivity index (χ0n) is 13.5. The lowest BCUT2D eigenvalue weighted by atomic mass is 10.1. The van der Waals surface area contributed by atoms with Gasteiger partial charge in [0, 0.05) is 17.7 Å². The van der Waals surface area contributed by atoms with Gasteiger partial charge in [-0.3, -0.25) is 4.79 Å². The van der Waals surface area contributed by atoms with Crippen molar-refractivity contribution in [3.63, 3.8) is 0 Å². The molecule has 0 fully saturated rings. The molecule has 0 bridgehead atoms. The number of halogens is 1. The van der Waals surface area contributed by atoms with Crippen LogP contribution in [0.1, 0.15) is 24.2 Å². The van der Waals surface area contributed by atoms with Crippen molar-refractivity contribution in [3.8, 4) is 0 Å². The fourth-order valence-corrected chi connectivity index (χ4v) is 3.22. The zero-order chi connectivity index (χ0) is 18.0. The Kier molecular flexibility index (Phi) is 6.16. The highest BCUT2D eigenvalue weighted by Crippen LogP contribution is 2.20. The largest absolute Gasteiger partial charge is 0.467 e. The minimum Gasteiger partial charge on any atom is -0.467 e. The van der Waals surface area contributed by atoms with Gasteiger partial charge in [0.2, 0.25) is 10.0 Å². The Labute approximate surface area is 149 Å². The Bertz CT molecular complexity index is 729. The van der Waals surface area contributed by atoms with E-state index in [1.807, 2.05) is 22.6 Å². The lowest BCUT2D eigenvalue weighted by Crippen LogP contribution is -2.50. The van der Waals surface area contributed by atoms with E-state index in [1.54, 1.807) is 0 Å². The van der Waals surface area contributed by atoms with Crippen molar-refractivity contribution in [1.82, 2.24) is 9.62 Å². The fraction of sp³-hybridized carbons (Fsp3) is 0.429. The highest BCUT2D eigenvalue weighted by molar-refractivity contribution is 14.1. The number of benzene rings is 1. The molecular formula is C14H19IN2O5S. The number of esters is 1. The first kappa shape index (κ1) is 19.8. The van der Waals surface area contributed by atoms with Crippen molar-refractivity contribution in [1.29, 1.82) is 0 Å². The summed E-state index contributed by atoms with van der Waals surface area (Å²) < 4.78 is 30.6. The smallest absolute Gasteiger partial charge is 0.330 e. The minimum atomic E-state index is -3.66. The first-order chi connectivity index (χ1) is 10.4. The minimum absolute atomic E-state index is 0.00365. The van der Waals surface area contributed by atoms with Crippen LogP contribution >= 0.6 is 22.6 Å². The standard InChI is InChI=1S/C14H19IN2O5S/c1-14(2,13(19)22-5)16-12(18)10-8-9(6-7-11(10)15)23(20,21)17(3)4/h6-8H,1-5H3,(H,16,18). The molecule has 0 aliphatic carbocycles. The summed E-state index contributed by atoms with van der Waals surface area (Å²) in [5.74, 6) is -1.15. The van der Waals surface area contributed by atoms with Gasteiger partial charge >= 0.3 is 5.97 Å². The Morgan fingerprint density at radius 3 is 2.30 bits per heavy atom. The van der Waals surface area contributed by atoms with E-state index in [0.717, 1.165) is 4.31 Å². The molecule has 0 atom stereocenters. The summed E-state index contributed by atoms with van der Waals surface area (Å²) in [6.45, 7) is 3.01. The molecule has 7 nitrogen and oxygen atoms in total. The maximum Gasteiger partial charge on any atom is 0.330 e. The molecule has 1 amide bonds. The van der Waals surface area contributed by atoms with Crippen molar-refractivity contribution >= 4 is 44.5 Å². The first-order valence-electron chi connectivity index (χ1n) is 6.56. The molecule has 128 valence electrons. The molecule has 1 N–H and O–H groups in total. The van der Waals surface area contributed by atoms with Gasteiger partial charge in [-0.2, -0.15) is 0 Å². The van der Waals surface area contributed by atoms with Gasteiger partial charge in [-0.1, -0.05) is 0 Å². The molecule has 9 heteroatoms. The van der Waals surface area contributed by atoms with Gasteiger partial charge in [-0.15, -0.1) is 0 Å². The summed E-state index contributed by atoms with van der Waals surface area (Å²) >= 11 is 1.93. The first-order valence-corrected chi connectivity index (χ1v) is 9.08. The van der Waals surface area contributed by atoms with Crippen LogP contribution in [-0.4, -0.2) is 51.3 Å². The lowest BCUT2D eigenvalue weighted by Gasteiger charge is -2.23. The molecule has 0 radical (unpaired) electrons. The predicted molar refractivity (Wildman–Crippen MR) is 93.6 cm³/mol. The van der Waals surface area contributed by atoms with Crippen LogP contribution < -0.4 is 5.32 Å². The van der Waals surface area contributed by atoms with Gasteiger partial charge in [-0.05, 0) is 54.6 Å². The molecule has 1 rings (SSSR count). The Morgan fingerprint density at radius 2 is 1.83 bits per heavy atom. The number of ether oxygens (including phenoxy) is 1. The van der Waals surface area contributed by atoms with Crippen LogP contribution in [0.25, 0.3) is 0 Å². The summed E-state index contributed by atoms with van der Waals surface area (Å²) in [6.07, 6.45) is 0. The lowest BCUT2D eigenvalue weighted by molar-refractivity contribution is -0.146. The van der Waals surface area contributed by atoms with Gasteiger partial charge in [0.15, 0.2) is 0 Å². The molecule has 0 saturated carbocycles. The molecule has 0 aliphatic heterocycles. The van der Waals surface area contributed by atoms with E-state index < -0.39 is 27.4 Å². The van der Waals surface area contributed by atoms with Crippen LogP contribution in [0, 0.1) is 3.57 Å². The van der Waals surface area contributed by atoms with E-state index >= 15 is 0 Å². The molecule has 1 aromatic carbocycles. The second-order valence-corrected chi connectivity index (χ2v) is 8.81. The van der Waals surface area contributed by atoms with Crippen LogP contribution in [0.3, 0.4) is 0 Å². The number of sulfonamides is 1. The van der Waals surface area contributed by atoms with Crippen LogP contribution in [0.4, 0.5) is 0 Å². The highest BCUT2D eigenvalue weighted by Gasteiger charge is 2.31. The molecule has 0 unspecified atom stereocenters. The highest BCUT2D eigenvalue weighted by atomic mass is 127. The molecule has 1 aromatic rings. The molecule has 0 aromatic heterocycles. The van der Waals surface area contributed by atoms with E-state index in [1.165, 1.54) is 53.3 Å². The van der Waals surface area contributed by atoms with E-state index in [4.69, 9.17) is 0 Å². The van der Waals surface area contributed by atoms with Crippen molar-refractivity contribution in [2.75, 3.05) is 21.2 Å².